The molecule has 128 valence electrons. The van der Waals surface area contributed by atoms with Crippen LogP contribution in [0.5, 0.6) is 5.75 Å². The van der Waals surface area contributed by atoms with E-state index in [1.807, 2.05) is 30.3 Å². The molecule has 0 aliphatic carbocycles. The minimum absolute atomic E-state index is 0.0110. The zero-order valence-corrected chi connectivity index (χ0v) is 14.6. The zero-order valence-electron chi connectivity index (χ0n) is 14.6. The molecule has 0 bridgehead atoms. The molecule has 0 aliphatic heterocycles. The maximum atomic E-state index is 12.0. The van der Waals surface area contributed by atoms with Crippen LogP contribution in [0.4, 0.5) is 11.4 Å². The fraction of sp³-hybridized carbons (Fsp3) is 0.350. The first-order chi connectivity index (χ1) is 11.4. The summed E-state index contributed by atoms with van der Waals surface area (Å²) in [6.07, 6.45) is 1.05. The van der Waals surface area contributed by atoms with E-state index in [0.717, 1.165) is 5.69 Å². The topological polar surface area (TPSA) is 64.3 Å². The molecule has 1 amide bonds. The van der Waals surface area contributed by atoms with E-state index in [9.17, 15) is 4.79 Å². The lowest BCUT2D eigenvalue weighted by Crippen LogP contribution is -2.14. The van der Waals surface area contributed by atoms with E-state index in [-0.39, 0.29) is 11.3 Å². The second-order valence-corrected chi connectivity index (χ2v) is 6.87. The number of ether oxygens (including phenoxy) is 1. The third-order valence-electron chi connectivity index (χ3n) is 3.76. The summed E-state index contributed by atoms with van der Waals surface area (Å²) in [6.45, 7) is 6.96. The third-order valence-corrected chi connectivity index (χ3v) is 3.76. The highest BCUT2D eigenvalue weighted by Crippen LogP contribution is 2.23. The lowest BCUT2D eigenvalue weighted by atomic mass is 9.87. The largest absolute Gasteiger partial charge is 0.491 e. The van der Waals surface area contributed by atoms with E-state index in [2.05, 4.69) is 38.2 Å². The first kappa shape index (κ1) is 17.9. The molecule has 2 rings (SSSR count). The zero-order chi connectivity index (χ0) is 17.6. The number of hydrogen-bond donors (Lipinski definition) is 2. The highest BCUT2D eigenvalue weighted by Gasteiger charge is 2.13. The van der Waals surface area contributed by atoms with E-state index >= 15 is 0 Å². The van der Waals surface area contributed by atoms with Crippen LogP contribution < -0.4 is 15.8 Å². The number of hydrogen-bond acceptors (Lipinski definition) is 3. The highest BCUT2D eigenvalue weighted by molar-refractivity contribution is 5.90. The predicted molar refractivity (Wildman–Crippen MR) is 99.4 cm³/mol. The smallest absolute Gasteiger partial charge is 0.224 e. The van der Waals surface area contributed by atoms with Gasteiger partial charge in [0.05, 0.1) is 12.3 Å². The summed E-state index contributed by atoms with van der Waals surface area (Å²) < 4.78 is 5.59. The van der Waals surface area contributed by atoms with Gasteiger partial charge in [-0.15, -0.1) is 0 Å². The van der Waals surface area contributed by atoms with Crippen LogP contribution >= 0.6 is 0 Å². The van der Waals surface area contributed by atoms with Crippen molar-refractivity contribution in [2.45, 2.75) is 39.0 Å². The second kappa shape index (κ2) is 7.86. The van der Waals surface area contributed by atoms with Crippen molar-refractivity contribution in [2.24, 2.45) is 0 Å². The molecule has 0 radical (unpaired) electrons. The van der Waals surface area contributed by atoms with E-state index in [4.69, 9.17) is 10.5 Å². The lowest BCUT2D eigenvalue weighted by Gasteiger charge is -2.19. The molecule has 4 heteroatoms. The summed E-state index contributed by atoms with van der Waals surface area (Å²) in [5.74, 6) is 0.652. The number of nitrogens with one attached hydrogen (secondary N) is 1. The fourth-order valence-corrected chi connectivity index (χ4v) is 2.30. The van der Waals surface area contributed by atoms with Gasteiger partial charge in [0.15, 0.2) is 0 Å². The van der Waals surface area contributed by atoms with E-state index < -0.39 is 0 Å². The number of para-hydroxylation sites is 2. The molecule has 0 heterocycles. The molecule has 0 aliphatic rings. The van der Waals surface area contributed by atoms with Crippen molar-refractivity contribution in [3.05, 3.63) is 54.1 Å². The SMILES string of the molecule is CC(C)(C)c1ccc(NC(=O)CCCOc2ccccc2N)cc1. The third kappa shape index (κ3) is 5.30. The van der Waals surface area contributed by atoms with Crippen molar-refractivity contribution in [1.29, 1.82) is 0 Å². The molecule has 0 aromatic heterocycles. The van der Waals surface area contributed by atoms with Gasteiger partial charge in [-0.05, 0) is 41.7 Å². The van der Waals surface area contributed by atoms with Gasteiger partial charge < -0.3 is 15.8 Å². The molecule has 0 atom stereocenters. The summed E-state index contributed by atoms with van der Waals surface area (Å²) in [7, 11) is 0. The summed E-state index contributed by atoms with van der Waals surface area (Å²) in [5, 5.41) is 2.91. The van der Waals surface area contributed by atoms with Crippen LogP contribution in [0, 0.1) is 0 Å². The minimum atomic E-state index is -0.0110. The molecule has 0 spiro atoms. The average Bonchev–Trinajstić information content (AvgIpc) is 2.53. The van der Waals surface area contributed by atoms with Crippen LogP contribution in [0.1, 0.15) is 39.2 Å². The number of carbonyl (C=O) groups excluding carboxylic acids is 1. The van der Waals surface area contributed by atoms with Crippen LogP contribution in [0.25, 0.3) is 0 Å². The van der Waals surface area contributed by atoms with E-state index in [1.165, 1.54) is 5.56 Å². The summed E-state index contributed by atoms with van der Waals surface area (Å²) >= 11 is 0. The molecule has 24 heavy (non-hydrogen) atoms. The Hall–Kier alpha value is -2.49. The Morgan fingerprint density at radius 1 is 1.08 bits per heavy atom. The van der Waals surface area contributed by atoms with Gasteiger partial charge in [0.1, 0.15) is 5.75 Å². The summed E-state index contributed by atoms with van der Waals surface area (Å²) in [5.41, 5.74) is 8.59. The number of benzene rings is 2. The maximum absolute atomic E-state index is 12.0. The first-order valence-electron chi connectivity index (χ1n) is 8.24. The van der Waals surface area contributed by atoms with Crippen molar-refractivity contribution in [3.8, 4) is 5.75 Å². The first-order valence-corrected chi connectivity index (χ1v) is 8.24. The van der Waals surface area contributed by atoms with E-state index in [1.54, 1.807) is 6.07 Å². The monoisotopic (exact) mass is 326 g/mol. The molecule has 0 unspecified atom stereocenters. The standard InChI is InChI=1S/C20H26N2O2/c1-20(2,3)15-10-12-16(13-11-15)22-19(23)9-6-14-24-18-8-5-4-7-17(18)21/h4-5,7-8,10-13H,6,9,14,21H2,1-3H3,(H,22,23). The highest BCUT2D eigenvalue weighted by atomic mass is 16.5. The van der Waals surface area contributed by atoms with Crippen molar-refractivity contribution < 1.29 is 9.53 Å². The second-order valence-electron chi connectivity index (χ2n) is 6.87. The van der Waals surface area contributed by atoms with Crippen molar-refractivity contribution in [3.63, 3.8) is 0 Å². The molecule has 0 fully saturated rings. The van der Waals surface area contributed by atoms with Crippen LogP contribution in [0.2, 0.25) is 0 Å². The number of amides is 1. The van der Waals surface area contributed by atoms with Gasteiger partial charge >= 0.3 is 0 Å². The number of rotatable bonds is 6. The Kier molecular flexibility index (Phi) is 5.85. The molecule has 2 aromatic carbocycles. The molecule has 2 aromatic rings. The van der Waals surface area contributed by atoms with Gasteiger partial charge in [-0.1, -0.05) is 45.0 Å². The Morgan fingerprint density at radius 2 is 1.75 bits per heavy atom. The van der Waals surface area contributed by atoms with Gasteiger partial charge in [0.2, 0.25) is 5.91 Å². The molecule has 4 nitrogen and oxygen atoms in total. The summed E-state index contributed by atoms with van der Waals surface area (Å²) in [4.78, 5) is 12.0. The fourth-order valence-electron chi connectivity index (χ4n) is 2.30. The summed E-state index contributed by atoms with van der Waals surface area (Å²) in [6, 6.07) is 15.4. The Balaban J connectivity index is 1.74. The Labute approximate surface area is 144 Å². The minimum Gasteiger partial charge on any atom is -0.491 e. The van der Waals surface area contributed by atoms with Crippen LogP contribution in [-0.2, 0) is 10.2 Å². The van der Waals surface area contributed by atoms with Gasteiger partial charge in [0, 0.05) is 12.1 Å². The Morgan fingerprint density at radius 3 is 2.38 bits per heavy atom. The molecule has 0 saturated heterocycles. The molecular formula is C20H26N2O2. The van der Waals surface area contributed by atoms with E-state index in [0.29, 0.717) is 30.9 Å². The van der Waals surface area contributed by atoms with Gasteiger partial charge in [-0.2, -0.15) is 0 Å². The van der Waals surface area contributed by atoms with Crippen LogP contribution in [0.15, 0.2) is 48.5 Å². The van der Waals surface area contributed by atoms with Crippen LogP contribution in [-0.4, -0.2) is 12.5 Å². The van der Waals surface area contributed by atoms with Gasteiger partial charge in [-0.3, -0.25) is 4.79 Å². The van der Waals surface area contributed by atoms with Crippen molar-refractivity contribution in [1.82, 2.24) is 0 Å². The lowest BCUT2D eigenvalue weighted by molar-refractivity contribution is -0.116. The molecule has 3 N–H and O–H groups in total. The molecular weight excluding hydrogens is 300 g/mol. The van der Waals surface area contributed by atoms with Gasteiger partial charge in [-0.25, -0.2) is 0 Å². The van der Waals surface area contributed by atoms with Gasteiger partial charge in [0.25, 0.3) is 0 Å². The van der Waals surface area contributed by atoms with Crippen molar-refractivity contribution in [2.75, 3.05) is 17.7 Å². The number of anilines is 2. The number of nitrogen functional groups attached to an aromatic ring is 1. The maximum Gasteiger partial charge on any atom is 0.224 e. The Bertz CT molecular complexity index is 673. The number of carbonyl (C=O) groups is 1. The molecule has 0 saturated carbocycles. The number of nitrogens with two attached hydrogens (primary N) is 1. The van der Waals surface area contributed by atoms with Crippen molar-refractivity contribution >= 4 is 17.3 Å². The van der Waals surface area contributed by atoms with Crippen LogP contribution in [0.3, 0.4) is 0 Å². The predicted octanol–water partition coefficient (Wildman–Crippen LogP) is 4.36. The quantitative estimate of drug-likeness (QED) is 0.612. The normalized spacial score (nSPS) is 11.1. The average molecular weight is 326 g/mol.